The van der Waals surface area contributed by atoms with E-state index in [2.05, 4.69) is 17.9 Å². The summed E-state index contributed by atoms with van der Waals surface area (Å²) in [4.78, 5) is 2.39. The van der Waals surface area contributed by atoms with Crippen LogP contribution in [0.4, 0.5) is 11.4 Å². The molecule has 2 N–H and O–H groups in total. The molecule has 4 nitrogen and oxygen atoms in total. The Labute approximate surface area is 121 Å². The van der Waals surface area contributed by atoms with Gasteiger partial charge in [-0.2, -0.15) is 0 Å². The van der Waals surface area contributed by atoms with E-state index in [4.69, 9.17) is 15.2 Å². The average Bonchev–Trinajstić information content (AvgIpc) is 2.46. The van der Waals surface area contributed by atoms with Crippen LogP contribution in [0.25, 0.3) is 0 Å². The summed E-state index contributed by atoms with van der Waals surface area (Å²) >= 11 is 0. The van der Waals surface area contributed by atoms with Gasteiger partial charge in [-0.15, -0.1) is 0 Å². The fraction of sp³-hybridized carbons (Fsp3) is 0.625. The Morgan fingerprint density at radius 3 is 2.65 bits per heavy atom. The van der Waals surface area contributed by atoms with E-state index in [0.717, 1.165) is 44.2 Å². The van der Waals surface area contributed by atoms with Crippen molar-refractivity contribution in [2.45, 2.75) is 26.2 Å². The summed E-state index contributed by atoms with van der Waals surface area (Å²) in [6.45, 7) is 5.83. The summed E-state index contributed by atoms with van der Waals surface area (Å²) in [5.74, 6) is 1.56. The summed E-state index contributed by atoms with van der Waals surface area (Å²) in [6, 6.07) is 6.04. The third kappa shape index (κ3) is 4.04. The first-order valence-electron chi connectivity index (χ1n) is 7.50. The van der Waals surface area contributed by atoms with Gasteiger partial charge in [0.05, 0.1) is 6.61 Å². The van der Waals surface area contributed by atoms with Crippen molar-refractivity contribution in [3.63, 3.8) is 0 Å². The molecule has 0 bridgehead atoms. The van der Waals surface area contributed by atoms with E-state index >= 15 is 0 Å². The van der Waals surface area contributed by atoms with E-state index in [0.29, 0.717) is 5.92 Å². The predicted molar refractivity (Wildman–Crippen MR) is 83.5 cm³/mol. The highest BCUT2D eigenvalue weighted by Crippen LogP contribution is 2.29. The van der Waals surface area contributed by atoms with Crippen molar-refractivity contribution in [3.8, 4) is 5.75 Å². The lowest BCUT2D eigenvalue weighted by Gasteiger charge is -2.33. The molecule has 0 aliphatic carbocycles. The van der Waals surface area contributed by atoms with Crippen molar-refractivity contribution in [1.29, 1.82) is 0 Å². The molecule has 1 aromatic carbocycles. The molecule has 1 saturated heterocycles. The van der Waals surface area contributed by atoms with Crippen LogP contribution in [0.3, 0.4) is 0 Å². The zero-order chi connectivity index (χ0) is 14.4. The summed E-state index contributed by atoms with van der Waals surface area (Å²) in [6.07, 6.45) is 3.36. The highest BCUT2D eigenvalue weighted by molar-refractivity contribution is 5.60. The van der Waals surface area contributed by atoms with Gasteiger partial charge in [0.2, 0.25) is 0 Å². The van der Waals surface area contributed by atoms with Crippen LogP contribution < -0.4 is 15.4 Å². The molecule has 4 heteroatoms. The first kappa shape index (κ1) is 15.0. The molecule has 0 radical (unpaired) electrons. The van der Waals surface area contributed by atoms with Crippen LogP contribution in [-0.4, -0.2) is 33.4 Å². The quantitative estimate of drug-likeness (QED) is 0.813. The molecule has 0 aromatic heterocycles. The maximum Gasteiger partial charge on any atom is 0.123 e. The van der Waals surface area contributed by atoms with Crippen LogP contribution in [0.5, 0.6) is 5.75 Å². The van der Waals surface area contributed by atoms with Gasteiger partial charge >= 0.3 is 0 Å². The van der Waals surface area contributed by atoms with Crippen LogP contribution in [0.15, 0.2) is 18.2 Å². The van der Waals surface area contributed by atoms with Crippen molar-refractivity contribution in [3.05, 3.63) is 18.2 Å². The monoisotopic (exact) mass is 278 g/mol. The van der Waals surface area contributed by atoms with Crippen molar-refractivity contribution < 1.29 is 9.47 Å². The van der Waals surface area contributed by atoms with Gasteiger partial charge < -0.3 is 20.1 Å². The average molecular weight is 278 g/mol. The molecule has 0 amide bonds. The Morgan fingerprint density at radius 1 is 1.25 bits per heavy atom. The number of ether oxygens (including phenoxy) is 2. The van der Waals surface area contributed by atoms with Crippen LogP contribution in [0, 0.1) is 5.92 Å². The number of rotatable bonds is 6. The third-order valence-corrected chi connectivity index (χ3v) is 3.77. The molecule has 1 fully saturated rings. The minimum absolute atomic E-state index is 0.688. The molecule has 0 unspecified atom stereocenters. The zero-order valence-corrected chi connectivity index (χ0v) is 12.6. The second kappa shape index (κ2) is 7.39. The molecule has 1 aliphatic heterocycles. The number of hydrogen-bond donors (Lipinski definition) is 1. The smallest absolute Gasteiger partial charge is 0.123 e. The first-order chi connectivity index (χ1) is 9.72. The lowest BCUT2D eigenvalue weighted by molar-refractivity contribution is 0.139. The maximum absolute atomic E-state index is 5.99. The molecular formula is C16H26N2O2. The molecule has 0 saturated carbocycles. The highest BCUT2D eigenvalue weighted by atomic mass is 16.5. The number of piperidine rings is 1. The summed E-state index contributed by atoms with van der Waals surface area (Å²) in [7, 11) is 1.78. The predicted octanol–water partition coefficient (Wildman–Crippen LogP) is 2.92. The molecule has 1 aromatic rings. The van der Waals surface area contributed by atoms with Gasteiger partial charge in [0, 0.05) is 50.3 Å². The van der Waals surface area contributed by atoms with E-state index in [1.807, 2.05) is 12.1 Å². The van der Waals surface area contributed by atoms with E-state index in [9.17, 15) is 0 Å². The molecule has 1 aliphatic rings. The molecule has 20 heavy (non-hydrogen) atoms. The van der Waals surface area contributed by atoms with Crippen molar-refractivity contribution in [2.75, 3.05) is 44.0 Å². The number of nitrogens with two attached hydrogens (primary N) is 1. The lowest BCUT2D eigenvalue weighted by atomic mass is 9.97. The number of nitrogen functional groups attached to an aromatic ring is 1. The van der Waals surface area contributed by atoms with Crippen molar-refractivity contribution in [2.24, 2.45) is 5.92 Å². The Morgan fingerprint density at radius 2 is 2.00 bits per heavy atom. The van der Waals surface area contributed by atoms with E-state index in [-0.39, 0.29) is 0 Å². The van der Waals surface area contributed by atoms with E-state index < -0.39 is 0 Å². The second-order valence-electron chi connectivity index (χ2n) is 5.49. The minimum atomic E-state index is 0.688. The molecule has 0 spiro atoms. The van der Waals surface area contributed by atoms with Gasteiger partial charge in [-0.1, -0.05) is 6.92 Å². The number of hydrogen-bond acceptors (Lipinski definition) is 4. The number of benzene rings is 1. The Hall–Kier alpha value is -1.42. The minimum Gasteiger partial charge on any atom is -0.493 e. The Balaban J connectivity index is 2.00. The number of anilines is 2. The van der Waals surface area contributed by atoms with E-state index in [1.54, 1.807) is 7.11 Å². The number of methoxy groups -OCH3 is 1. The SMILES string of the molecule is CCCOc1cc(N)cc(N2CCC(COC)CC2)c1. The lowest BCUT2D eigenvalue weighted by Crippen LogP contribution is -2.35. The normalized spacial score (nSPS) is 16.4. The van der Waals surface area contributed by atoms with Gasteiger partial charge in [0.1, 0.15) is 5.75 Å². The van der Waals surface area contributed by atoms with Gasteiger partial charge in [0.15, 0.2) is 0 Å². The Kier molecular flexibility index (Phi) is 5.53. The van der Waals surface area contributed by atoms with Crippen molar-refractivity contribution >= 4 is 11.4 Å². The molecular weight excluding hydrogens is 252 g/mol. The van der Waals surface area contributed by atoms with Crippen LogP contribution in [-0.2, 0) is 4.74 Å². The van der Waals surface area contributed by atoms with Gasteiger partial charge in [0.25, 0.3) is 0 Å². The highest BCUT2D eigenvalue weighted by Gasteiger charge is 2.19. The van der Waals surface area contributed by atoms with Gasteiger partial charge in [-0.3, -0.25) is 0 Å². The molecule has 1 heterocycles. The third-order valence-electron chi connectivity index (χ3n) is 3.77. The van der Waals surface area contributed by atoms with Crippen LogP contribution >= 0.6 is 0 Å². The van der Waals surface area contributed by atoms with Crippen LogP contribution in [0.2, 0.25) is 0 Å². The maximum atomic E-state index is 5.99. The summed E-state index contributed by atoms with van der Waals surface area (Å²) in [5, 5.41) is 0. The molecule has 0 atom stereocenters. The summed E-state index contributed by atoms with van der Waals surface area (Å²) < 4.78 is 10.9. The largest absolute Gasteiger partial charge is 0.493 e. The van der Waals surface area contributed by atoms with E-state index in [1.165, 1.54) is 18.5 Å². The zero-order valence-electron chi connectivity index (χ0n) is 12.6. The molecule has 112 valence electrons. The number of nitrogens with zero attached hydrogens (tertiary/aromatic N) is 1. The Bertz CT molecular complexity index is 415. The fourth-order valence-electron chi connectivity index (χ4n) is 2.69. The van der Waals surface area contributed by atoms with Gasteiger partial charge in [-0.25, -0.2) is 0 Å². The first-order valence-corrected chi connectivity index (χ1v) is 7.50. The standard InChI is InChI=1S/C16H26N2O2/c1-3-8-20-16-10-14(17)9-15(11-16)18-6-4-13(5-7-18)12-19-2/h9-11,13H,3-8,12,17H2,1-2H3. The van der Waals surface area contributed by atoms with Gasteiger partial charge in [-0.05, 0) is 31.2 Å². The second-order valence-corrected chi connectivity index (χ2v) is 5.49. The topological polar surface area (TPSA) is 47.7 Å². The fourth-order valence-corrected chi connectivity index (χ4v) is 2.69. The van der Waals surface area contributed by atoms with Crippen molar-refractivity contribution in [1.82, 2.24) is 0 Å². The summed E-state index contributed by atoms with van der Waals surface area (Å²) in [5.41, 5.74) is 7.93. The molecule has 2 rings (SSSR count). The van der Waals surface area contributed by atoms with Crippen LogP contribution in [0.1, 0.15) is 26.2 Å².